The second-order valence-corrected chi connectivity index (χ2v) is 5.77. The monoisotopic (exact) mass is 312 g/mol. The summed E-state index contributed by atoms with van der Waals surface area (Å²) in [4.78, 5) is 14.2. The van der Waals surface area contributed by atoms with Gasteiger partial charge in [-0.2, -0.15) is 0 Å². The topological polar surface area (TPSA) is 52.6 Å². The molecule has 0 aliphatic rings. The average molecular weight is 312 g/mol. The van der Waals surface area contributed by atoms with Gasteiger partial charge in [0, 0.05) is 18.8 Å². The van der Waals surface area contributed by atoms with Gasteiger partial charge >= 0.3 is 0 Å². The molecular formula is C19H24N2O2. The third kappa shape index (κ3) is 5.51. The molecule has 0 saturated heterocycles. The number of aliphatic hydroxyl groups is 1. The Bertz CT molecular complexity index is 641. The number of rotatable bonds is 7. The molecule has 0 aliphatic carbocycles. The fourth-order valence-corrected chi connectivity index (χ4v) is 2.42. The summed E-state index contributed by atoms with van der Waals surface area (Å²) in [6.07, 6.45) is 0. The first kappa shape index (κ1) is 17.2. The number of nitrogens with one attached hydrogen (secondary N) is 1. The Hall–Kier alpha value is -2.17. The summed E-state index contributed by atoms with van der Waals surface area (Å²) in [6.45, 7) is 5.46. The number of carbonyl (C=O) groups excluding carboxylic acids is 1. The molecule has 2 aromatic carbocycles. The Morgan fingerprint density at radius 1 is 1.09 bits per heavy atom. The van der Waals surface area contributed by atoms with Crippen LogP contribution in [0.5, 0.6) is 0 Å². The van der Waals surface area contributed by atoms with Crippen LogP contribution in [-0.4, -0.2) is 35.6 Å². The van der Waals surface area contributed by atoms with Gasteiger partial charge in [-0.3, -0.25) is 9.69 Å². The molecule has 0 spiro atoms. The van der Waals surface area contributed by atoms with Crippen molar-refractivity contribution in [2.75, 3.05) is 25.0 Å². The summed E-state index contributed by atoms with van der Waals surface area (Å²) < 4.78 is 0. The van der Waals surface area contributed by atoms with E-state index in [0.29, 0.717) is 13.1 Å². The van der Waals surface area contributed by atoms with Gasteiger partial charge in [0.2, 0.25) is 5.91 Å². The number of hydrogen-bond donors (Lipinski definition) is 2. The van der Waals surface area contributed by atoms with Crippen LogP contribution in [0.15, 0.2) is 48.5 Å². The first-order valence-electron chi connectivity index (χ1n) is 7.82. The van der Waals surface area contributed by atoms with E-state index in [1.807, 2.05) is 67.3 Å². The van der Waals surface area contributed by atoms with Gasteiger partial charge in [-0.25, -0.2) is 0 Å². The van der Waals surface area contributed by atoms with E-state index >= 15 is 0 Å². The number of aryl methyl sites for hydroxylation is 2. The normalized spacial score (nSPS) is 10.8. The molecule has 0 radical (unpaired) electrons. The first-order valence-corrected chi connectivity index (χ1v) is 7.82. The Morgan fingerprint density at radius 3 is 2.48 bits per heavy atom. The van der Waals surface area contributed by atoms with Crippen molar-refractivity contribution in [3.8, 4) is 0 Å². The minimum Gasteiger partial charge on any atom is -0.395 e. The molecule has 23 heavy (non-hydrogen) atoms. The highest BCUT2D eigenvalue weighted by molar-refractivity contribution is 5.92. The van der Waals surface area contributed by atoms with E-state index in [1.54, 1.807) is 0 Å². The Labute approximate surface area is 137 Å². The zero-order valence-corrected chi connectivity index (χ0v) is 13.7. The van der Waals surface area contributed by atoms with Crippen LogP contribution in [0.4, 0.5) is 5.69 Å². The van der Waals surface area contributed by atoms with Gasteiger partial charge in [0.15, 0.2) is 0 Å². The van der Waals surface area contributed by atoms with Crippen molar-refractivity contribution < 1.29 is 9.90 Å². The maximum absolute atomic E-state index is 12.2. The molecule has 0 bridgehead atoms. The molecule has 0 atom stereocenters. The zero-order valence-electron chi connectivity index (χ0n) is 13.7. The zero-order chi connectivity index (χ0) is 16.7. The van der Waals surface area contributed by atoms with Crippen LogP contribution < -0.4 is 5.32 Å². The van der Waals surface area contributed by atoms with Crippen molar-refractivity contribution in [1.29, 1.82) is 0 Å². The van der Waals surface area contributed by atoms with Gasteiger partial charge in [0.1, 0.15) is 0 Å². The first-order chi connectivity index (χ1) is 11.1. The molecular weight excluding hydrogens is 288 g/mol. The standard InChI is InChI=1S/C19H24N2O2/c1-15-8-9-18(12-16(15)2)20-19(23)14-21(10-11-22)13-17-6-4-3-5-7-17/h3-9,12,22H,10-11,13-14H2,1-2H3,(H,20,23). The van der Waals surface area contributed by atoms with Crippen molar-refractivity contribution in [3.63, 3.8) is 0 Å². The predicted molar refractivity (Wildman–Crippen MR) is 93.4 cm³/mol. The smallest absolute Gasteiger partial charge is 0.238 e. The fraction of sp³-hybridized carbons (Fsp3) is 0.316. The predicted octanol–water partition coefficient (Wildman–Crippen LogP) is 2.74. The summed E-state index contributed by atoms with van der Waals surface area (Å²) in [7, 11) is 0. The van der Waals surface area contributed by atoms with Gasteiger partial charge in [-0.1, -0.05) is 36.4 Å². The molecule has 4 nitrogen and oxygen atoms in total. The van der Waals surface area contributed by atoms with E-state index < -0.39 is 0 Å². The Morgan fingerprint density at radius 2 is 1.83 bits per heavy atom. The van der Waals surface area contributed by atoms with Gasteiger partial charge in [-0.05, 0) is 42.7 Å². The second kappa shape index (κ2) is 8.46. The fourth-order valence-electron chi connectivity index (χ4n) is 2.42. The van der Waals surface area contributed by atoms with Crippen molar-refractivity contribution in [2.45, 2.75) is 20.4 Å². The lowest BCUT2D eigenvalue weighted by Gasteiger charge is -2.21. The molecule has 122 valence electrons. The lowest BCUT2D eigenvalue weighted by molar-refractivity contribution is -0.117. The highest BCUT2D eigenvalue weighted by atomic mass is 16.3. The summed E-state index contributed by atoms with van der Waals surface area (Å²) in [5, 5.41) is 12.1. The Kier molecular flexibility index (Phi) is 6.32. The van der Waals surface area contributed by atoms with Crippen LogP contribution in [0, 0.1) is 13.8 Å². The molecule has 0 saturated carbocycles. The molecule has 2 rings (SSSR count). The number of carbonyl (C=O) groups is 1. The number of aliphatic hydroxyl groups excluding tert-OH is 1. The number of amides is 1. The van der Waals surface area contributed by atoms with E-state index in [9.17, 15) is 9.90 Å². The number of benzene rings is 2. The van der Waals surface area contributed by atoms with Crippen molar-refractivity contribution in [2.24, 2.45) is 0 Å². The maximum Gasteiger partial charge on any atom is 0.238 e. The molecule has 1 amide bonds. The highest BCUT2D eigenvalue weighted by Crippen LogP contribution is 2.14. The van der Waals surface area contributed by atoms with Crippen LogP contribution >= 0.6 is 0 Å². The number of nitrogens with zero attached hydrogens (tertiary/aromatic N) is 1. The van der Waals surface area contributed by atoms with Gasteiger partial charge < -0.3 is 10.4 Å². The minimum atomic E-state index is -0.0716. The lowest BCUT2D eigenvalue weighted by atomic mass is 10.1. The minimum absolute atomic E-state index is 0.0315. The van der Waals surface area contributed by atoms with Crippen molar-refractivity contribution in [1.82, 2.24) is 4.90 Å². The molecule has 0 heterocycles. The third-order valence-corrected chi connectivity index (χ3v) is 3.82. The maximum atomic E-state index is 12.2. The van der Waals surface area contributed by atoms with Gasteiger partial charge in [0.05, 0.1) is 13.2 Å². The van der Waals surface area contributed by atoms with Gasteiger partial charge in [0.25, 0.3) is 0 Å². The highest BCUT2D eigenvalue weighted by Gasteiger charge is 2.11. The van der Waals surface area contributed by atoms with Crippen molar-refractivity contribution >= 4 is 11.6 Å². The number of anilines is 1. The van der Waals surface area contributed by atoms with E-state index in [4.69, 9.17) is 0 Å². The summed E-state index contributed by atoms with van der Waals surface area (Å²) in [6, 6.07) is 15.8. The quantitative estimate of drug-likeness (QED) is 0.826. The van der Waals surface area contributed by atoms with Crippen LogP contribution in [0.2, 0.25) is 0 Å². The largest absolute Gasteiger partial charge is 0.395 e. The second-order valence-electron chi connectivity index (χ2n) is 5.77. The Balaban J connectivity index is 1.95. The summed E-state index contributed by atoms with van der Waals surface area (Å²) in [5.74, 6) is -0.0716. The lowest BCUT2D eigenvalue weighted by Crippen LogP contribution is -2.34. The van der Waals surface area contributed by atoms with Crippen molar-refractivity contribution in [3.05, 3.63) is 65.2 Å². The van der Waals surface area contributed by atoms with E-state index in [0.717, 1.165) is 16.8 Å². The molecule has 2 aromatic rings. The molecule has 2 N–H and O–H groups in total. The van der Waals surface area contributed by atoms with E-state index in [2.05, 4.69) is 5.32 Å². The average Bonchev–Trinajstić information content (AvgIpc) is 2.52. The summed E-state index contributed by atoms with van der Waals surface area (Å²) >= 11 is 0. The van der Waals surface area contributed by atoms with E-state index in [-0.39, 0.29) is 19.1 Å². The molecule has 0 aromatic heterocycles. The summed E-state index contributed by atoms with van der Waals surface area (Å²) in [5.41, 5.74) is 4.29. The van der Waals surface area contributed by atoms with Gasteiger partial charge in [-0.15, -0.1) is 0 Å². The number of hydrogen-bond acceptors (Lipinski definition) is 3. The van der Waals surface area contributed by atoms with Crippen LogP contribution in [0.3, 0.4) is 0 Å². The molecule has 4 heteroatoms. The third-order valence-electron chi connectivity index (χ3n) is 3.82. The van der Waals surface area contributed by atoms with Crippen LogP contribution in [0.1, 0.15) is 16.7 Å². The SMILES string of the molecule is Cc1ccc(NC(=O)CN(CCO)Cc2ccccc2)cc1C. The molecule has 0 unspecified atom stereocenters. The van der Waals surface area contributed by atoms with Crippen LogP contribution in [-0.2, 0) is 11.3 Å². The molecule has 0 fully saturated rings. The molecule has 0 aliphatic heterocycles. The van der Waals surface area contributed by atoms with Crippen LogP contribution in [0.25, 0.3) is 0 Å². The van der Waals surface area contributed by atoms with E-state index in [1.165, 1.54) is 5.56 Å².